The van der Waals surface area contributed by atoms with Crippen molar-refractivity contribution in [3.8, 4) is 0 Å². The van der Waals surface area contributed by atoms with Crippen LogP contribution in [0.4, 0.5) is 10.1 Å². The first-order valence-electron chi connectivity index (χ1n) is 12.1. The summed E-state index contributed by atoms with van der Waals surface area (Å²) in [6.07, 6.45) is 9.44. The molecule has 0 unspecified atom stereocenters. The zero-order valence-corrected chi connectivity index (χ0v) is 21.6. The van der Waals surface area contributed by atoms with E-state index in [4.69, 9.17) is 4.74 Å². The number of hydrogen-bond acceptors (Lipinski definition) is 5. The van der Waals surface area contributed by atoms with E-state index in [1.807, 2.05) is 71.2 Å². The van der Waals surface area contributed by atoms with Crippen LogP contribution in [0.5, 0.6) is 0 Å². The monoisotopic (exact) mass is 491 g/mol. The predicted octanol–water partition coefficient (Wildman–Crippen LogP) is 5.26. The number of aryl methyl sites for hydroxylation is 1. The minimum Gasteiger partial charge on any atom is -0.378 e. The Balaban J connectivity index is 1.64. The van der Waals surface area contributed by atoms with Gasteiger partial charge in [-0.1, -0.05) is 18.7 Å². The molecule has 3 heterocycles. The van der Waals surface area contributed by atoms with Crippen molar-refractivity contribution in [2.24, 2.45) is 0 Å². The predicted molar refractivity (Wildman–Crippen MR) is 141 cm³/mol. The Labute approximate surface area is 212 Å². The molecular formula is C28H34FN5O2. The highest BCUT2D eigenvalue weighted by atomic mass is 19.1. The number of benzene rings is 1. The molecule has 0 spiro atoms. The van der Waals surface area contributed by atoms with Crippen LogP contribution in [-0.4, -0.2) is 51.8 Å². The summed E-state index contributed by atoms with van der Waals surface area (Å²) in [6, 6.07) is 5.68. The highest BCUT2D eigenvalue weighted by Gasteiger charge is 2.26. The van der Waals surface area contributed by atoms with E-state index in [2.05, 4.69) is 32.9 Å². The number of carbonyl (C=O) groups excluding carboxylic acids is 1. The summed E-state index contributed by atoms with van der Waals surface area (Å²) in [7, 11) is 0. The van der Waals surface area contributed by atoms with E-state index in [1.54, 1.807) is 0 Å². The molecule has 8 heteroatoms. The first-order chi connectivity index (χ1) is 17.1. The second-order valence-electron chi connectivity index (χ2n) is 9.96. The summed E-state index contributed by atoms with van der Waals surface area (Å²) in [4.78, 5) is 17.3. The summed E-state index contributed by atoms with van der Waals surface area (Å²) in [5, 5.41) is 6.90. The molecular weight excluding hydrogens is 457 g/mol. The van der Waals surface area contributed by atoms with Crippen molar-refractivity contribution in [2.75, 3.05) is 31.6 Å². The summed E-state index contributed by atoms with van der Waals surface area (Å²) in [6.45, 7) is 16.7. The molecule has 2 aliphatic heterocycles. The lowest BCUT2D eigenvalue weighted by Crippen LogP contribution is -2.40. The fourth-order valence-corrected chi connectivity index (χ4v) is 4.32. The molecule has 0 aliphatic carbocycles. The van der Waals surface area contributed by atoms with Gasteiger partial charge in [0, 0.05) is 30.7 Å². The zero-order chi connectivity index (χ0) is 26.0. The number of carbonyl (C=O) groups is 1. The van der Waals surface area contributed by atoms with Crippen LogP contribution in [-0.2, 0) is 10.3 Å². The minimum atomic E-state index is -0.652. The average Bonchev–Trinajstić information content (AvgIpc) is 3.24. The fraction of sp³-hybridized carbons (Fsp3) is 0.357. The minimum absolute atomic E-state index is 0.0891. The van der Waals surface area contributed by atoms with Crippen molar-refractivity contribution in [3.05, 3.63) is 89.6 Å². The fourth-order valence-electron chi connectivity index (χ4n) is 4.32. The first-order valence-corrected chi connectivity index (χ1v) is 12.1. The SMILES string of the molecule is C=C1C=C(c2cc(NC(=O)c3cnn(C(C)(C)C)c3F)ccc2C)C=C(N2CCOCC2)N1/C=C\C. The number of aromatic nitrogens is 2. The van der Waals surface area contributed by atoms with Crippen LogP contribution in [0.15, 0.2) is 66.9 Å². The lowest BCUT2D eigenvalue weighted by Gasteiger charge is -2.38. The van der Waals surface area contributed by atoms with Crippen molar-refractivity contribution in [1.29, 1.82) is 0 Å². The van der Waals surface area contributed by atoms with Gasteiger partial charge in [0.1, 0.15) is 11.4 Å². The highest BCUT2D eigenvalue weighted by molar-refractivity contribution is 6.04. The van der Waals surface area contributed by atoms with Crippen molar-refractivity contribution in [3.63, 3.8) is 0 Å². The van der Waals surface area contributed by atoms with Gasteiger partial charge in [-0.25, -0.2) is 4.68 Å². The normalized spacial score (nSPS) is 16.9. The number of amides is 1. The molecule has 2 aromatic rings. The number of rotatable bonds is 5. The number of halogens is 1. The summed E-state index contributed by atoms with van der Waals surface area (Å²) in [5.41, 5.74) is 3.77. The van der Waals surface area contributed by atoms with Crippen molar-refractivity contribution >= 4 is 17.2 Å². The Bertz CT molecular complexity index is 1260. The third-order valence-corrected chi connectivity index (χ3v) is 6.19. The second-order valence-corrected chi connectivity index (χ2v) is 9.96. The number of nitrogens with zero attached hydrogens (tertiary/aromatic N) is 4. The molecule has 0 atom stereocenters. The topological polar surface area (TPSA) is 62.6 Å². The first kappa shape index (κ1) is 25.4. The lowest BCUT2D eigenvalue weighted by molar-refractivity contribution is 0.0444. The number of ether oxygens (including phenoxy) is 1. The smallest absolute Gasteiger partial charge is 0.261 e. The molecule has 1 amide bonds. The van der Waals surface area contributed by atoms with E-state index < -0.39 is 17.4 Å². The zero-order valence-electron chi connectivity index (χ0n) is 21.6. The van der Waals surface area contributed by atoms with Gasteiger partial charge in [-0.15, -0.1) is 0 Å². The molecule has 0 bridgehead atoms. The van der Waals surface area contributed by atoms with Gasteiger partial charge in [-0.2, -0.15) is 9.49 Å². The molecule has 1 fully saturated rings. The average molecular weight is 492 g/mol. The quantitative estimate of drug-likeness (QED) is 0.618. The van der Waals surface area contributed by atoms with Gasteiger partial charge >= 0.3 is 0 Å². The molecule has 1 N–H and O–H groups in total. The third-order valence-electron chi connectivity index (χ3n) is 6.19. The molecule has 0 radical (unpaired) electrons. The van der Waals surface area contributed by atoms with E-state index in [0.29, 0.717) is 18.9 Å². The summed E-state index contributed by atoms with van der Waals surface area (Å²) < 4.78 is 21.6. The van der Waals surface area contributed by atoms with Crippen LogP contribution in [0.3, 0.4) is 0 Å². The van der Waals surface area contributed by atoms with E-state index in [9.17, 15) is 9.18 Å². The van der Waals surface area contributed by atoms with Crippen LogP contribution in [0.1, 0.15) is 49.2 Å². The van der Waals surface area contributed by atoms with Gasteiger partial charge in [0.25, 0.3) is 5.91 Å². The number of morpholine rings is 1. The van der Waals surface area contributed by atoms with E-state index in [0.717, 1.165) is 41.3 Å². The van der Waals surface area contributed by atoms with Crippen LogP contribution in [0.25, 0.3) is 5.57 Å². The van der Waals surface area contributed by atoms with Crippen LogP contribution >= 0.6 is 0 Å². The van der Waals surface area contributed by atoms with Gasteiger partial charge < -0.3 is 19.9 Å². The maximum atomic E-state index is 14.9. The van der Waals surface area contributed by atoms with Crippen molar-refractivity contribution < 1.29 is 13.9 Å². The number of anilines is 1. The van der Waals surface area contributed by atoms with E-state index in [1.165, 1.54) is 10.9 Å². The highest BCUT2D eigenvalue weighted by Crippen LogP contribution is 2.33. The summed E-state index contributed by atoms with van der Waals surface area (Å²) >= 11 is 0. The Morgan fingerprint density at radius 2 is 1.94 bits per heavy atom. The summed E-state index contributed by atoms with van der Waals surface area (Å²) in [5.74, 6) is -0.158. The van der Waals surface area contributed by atoms with Crippen molar-refractivity contribution in [1.82, 2.24) is 19.6 Å². The maximum Gasteiger partial charge on any atom is 0.261 e. The standard InChI is InChI=1S/C28H34FN5O2/c1-7-10-33-20(3)15-21(16-25(33)32-11-13-36-14-12-32)23-17-22(9-8-19(23)2)31-27(35)24-18-30-34(26(24)29)28(4,5)6/h7-10,15-18H,3,11-14H2,1-2,4-6H3,(H,31,35)/b10-7-. The van der Waals surface area contributed by atoms with Crippen LogP contribution < -0.4 is 5.32 Å². The molecule has 0 saturated carbocycles. The number of nitrogens with one attached hydrogen (secondary N) is 1. The molecule has 4 rings (SSSR count). The van der Waals surface area contributed by atoms with Gasteiger partial charge in [-0.05, 0) is 75.6 Å². The molecule has 36 heavy (non-hydrogen) atoms. The van der Waals surface area contributed by atoms with E-state index >= 15 is 0 Å². The van der Waals surface area contributed by atoms with Crippen molar-refractivity contribution in [2.45, 2.75) is 40.2 Å². The Kier molecular flexibility index (Phi) is 7.17. The Hall–Kier alpha value is -3.65. The van der Waals surface area contributed by atoms with Gasteiger partial charge in [0.2, 0.25) is 5.95 Å². The molecule has 1 saturated heterocycles. The van der Waals surface area contributed by atoms with E-state index in [-0.39, 0.29) is 5.56 Å². The third kappa shape index (κ3) is 5.14. The molecule has 2 aliphatic rings. The number of allylic oxidation sites excluding steroid dienone is 4. The maximum absolute atomic E-state index is 14.9. The molecule has 7 nitrogen and oxygen atoms in total. The number of hydrogen-bond donors (Lipinski definition) is 1. The van der Waals surface area contributed by atoms with Gasteiger partial charge in [-0.3, -0.25) is 4.79 Å². The Morgan fingerprint density at radius 3 is 2.58 bits per heavy atom. The molecule has 1 aromatic carbocycles. The van der Waals surface area contributed by atoms with Gasteiger partial charge in [0.15, 0.2) is 0 Å². The molecule has 1 aromatic heterocycles. The lowest BCUT2D eigenvalue weighted by atomic mass is 9.96. The molecule has 190 valence electrons. The van der Waals surface area contributed by atoms with Gasteiger partial charge in [0.05, 0.1) is 24.9 Å². The van der Waals surface area contributed by atoms with Crippen LogP contribution in [0, 0.1) is 12.9 Å². The largest absolute Gasteiger partial charge is 0.378 e. The second kappa shape index (κ2) is 10.1. The Morgan fingerprint density at radius 1 is 1.22 bits per heavy atom. The van der Waals surface area contributed by atoms with Crippen LogP contribution in [0.2, 0.25) is 0 Å².